The molecule has 0 amide bonds. The van der Waals surface area contributed by atoms with Gasteiger partial charge >= 0.3 is 5.97 Å². The predicted molar refractivity (Wildman–Crippen MR) is 109 cm³/mol. The number of aromatic nitrogens is 1. The summed E-state index contributed by atoms with van der Waals surface area (Å²) < 4.78 is 12.0. The number of hydrazone groups is 1. The number of furan rings is 1. The van der Waals surface area contributed by atoms with Gasteiger partial charge < -0.3 is 9.15 Å². The molecule has 2 aromatic heterocycles. The second-order valence-electron chi connectivity index (χ2n) is 5.42. The number of anilines is 1. The van der Waals surface area contributed by atoms with Crippen LogP contribution in [-0.4, -0.2) is 17.2 Å². The lowest BCUT2D eigenvalue weighted by Crippen LogP contribution is -2.07. The molecule has 0 fully saturated rings. The van der Waals surface area contributed by atoms with Crippen LogP contribution in [0, 0.1) is 0 Å². The van der Waals surface area contributed by atoms with E-state index in [2.05, 4.69) is 31.4 Å². The van der Waals surface area contributed by atoms with Crippen LogP contribution in [0.4, 0.5) is 5.13 Å². The zero-order valence-electron chi connectivity index (χ0n) is 13.8. The molecule has 6 nitrogen and oxygen atoms in total. The monoisotopic (exact) mass is 441 g/mol. The Hall–Kier alpha value is -2.97. The molecule has 1 N–H and O–H groups in total. The molecule has 0 saturated heterocycles. The Kier molecular flexibility index (Phi) is 4.99. The Balaban J connectivity index is 1.37. The van der Waals surface area contributed by atoms with E-state index in [9.17, 15) is 4.79 Å². The van der Waals surface area contributed by atoms with Crippen molar-refractivity contribution in [1.82, 2.24) is 4.98 Å². The molecule has 0 aliphatic rings. The zero-order chi connectivity index (χ0) is 18.6. The number of carbonyl (C=O) groups excluding carboxylic acids is 1. The standard InChI is InChI=1S/C19H12BrN3O3S/c20-17-10-9-15(26-17)18(24)25-13-7-5-12(6-8-13)11-21-23-19-22-14-3-1-2-4-16(14)27-19/h1-11H,(H,22,23)/b21-11-. The van der Waals surface area contributed by atoms with Crippen molar-refractivity contribution in [3.05, 3.63) is 76.7 Å². The van der Waals surface area contributed by atoms with Crippen molar-refractivity contribution in [3.63, 3.8) is 0 Å². The lowest BCUT2D eigenvalue weighted by Gasteiger charge is -2.02. The molecule has 2 heterocycles. The molecule has 2 aromatic carbocycles. The number of nitrogens with zero attached hydrogens (tertiary/aromatic N) is 2. The van der Waals surface area contributed by atoms with Crippen LogP contribution >= 0.6 is 27.3 Å². The van der Waals surface area contributed by atoms with Gasteiger partial charge in [0.25, 0.3) is 0 Å². The Bertz CT molecular complexity index is 1090. The van der Waals surface area contributed by atoms with E-state index in [1.807, 2.05) is 24.3 Å². The van der Waals surface area contributed by atoms with Crippen LogP contribution in [0.5, 0.6) is 5.75 Å². The molecular formula is C19H12BrN3O3S. The number of ether oxygens (including phenoxy) is 1. The van der Waals surface area contributed by atoms with Gasteiger partial charge in [0, 0.05) is 0 Å². The quantitative estimate of drug-likeness (QED) is 0.196. The smallest absolute Gasteiger partial charge is 0.379 e. The maximum Gasteiger partial charge on any atom is 0.379 e. The molecule has 0 aliphatic carbocycles. The van der Waals surface area contributed by atoms with Crippen LogP contribution < -0.4 is 10.2 Å². The first-order valence-electron chi connectivity index (χ1n) is 7.89. The normalized spacial score (nSPS) is 11.1. The first-order valence-corrected chi connectivity index (χ1v) is 9.50. The van der Waals surface area contributed by atoms with Crippen molar-refractivity contribution >= 4 is 54.8 Å². The van der Waals surface area contributed by atoms with Crippen molar-refractivity contribution in [2.45, 2.75) is 0 Å². The second-order valence-corrected chi connectivity index (χ2v) is 7.23. The van der Waals surface area contributed by atoms with Gasteiger partial charge in [-0.2, -0.15) is 5.10 Å². The predicted octanol–water partition coefficient (Wildman–Crippen LogP) is 5.32. The van der Waals surface area contributed by atoms with Crippen molar-refractivity contribution in [2.24, 2.45) is 5.10 Å². The maximum absolute atomic E-state index is 11.9. The highest BCUT2D eigenvalue weighted by atomic mass is 79.9. The van der Waals surface area contributed by atoms with Gasteiger partial charge in [-0.25, -0.2) is 9.78 Å². The SMILES string of the molecule is O=C(Oc1ccc(/C=N\Nc2nc3ccccc3s2)cc1)c1ccc(Br)o1. The van der Waals surface area contributed by atoms with Gasteiger partial charge in [0.15, 0.2) is 4.67 Å². The molecule has 4 aromatic rings. The summed E-state index contributed by atoms with van der Waals surface area (Å²) in [6.07, 6.45) is 1.67. The van der Waals surface area contributed by atoms with Crippen LogP contribution in [0.1, 0.15) is 16.1 Å². The fourth-order valence-corrected chi connectivity index (χ4v) is 3.41. The van der Waals surface area contributed by atoms with Gasteiger partial charge in [0.2, 0.25) is 10.9 Å². The average Bonchev–Trinajstić information content (AvgIpc) is 3.29. The molecule has 0 saturated carbocycles. The minimum atomic E-state index is -0.556. The highest BCUT2D eigenvalue weighted by molar-refractivity contribution is 9.10. The number of rotatable bonds is 5. The summed E-state index contributed by atoms with van der Waals surface area (Å²) in [4.78, 5) is 16.4. The lowest BCUT2D eigenvalue weighted by molar-refractivity contribution is 0.0700. The van der Waals surface area contributed by atoms with Gasteiger partial charge in [0.1, 0.15) is 5.75 Å². The Morgan fingerprint density at radius 3 is 2.70 bits per heavy atom. The molecule has 134 valence electrons. The first-order chi connectivity index (χ1) is 13.2. The van der Waals surface area contributed by atoms with E-state index in [0.29, 0.717) is 10.4 Å². The van der Waals surface area contributed by atoms with E-state index >= 15 is 0 Å². The molecule has 8 heteroatoms. The summed E-state index contributed by atoms with van der Waals surface area (Å²) in [7, 11) is 0. The van der Waals surface area contributed by atoms with E-state index in [1.165, 1.54) is 11.3 Å². The lowest BCUT2D eigenvalue weighted by atomic mass is 10.2. The molecule has 0 unspecified atom stereocenters. The largest absolute Gasteiger partial charge is 0.442 e. The highest BCUT2D eigenvalue weighted by Crippen LogP contribution is 2.25. The number of halogens is 1. The van der Waals surface area contributed by atoms with Crippen LogP contribution in [0.25, 0.3) is 10.2 Å². The number of thiazole rings is 1. The van der Waals surface area contributed by atoms with E-state index in [4.69, 9.17) is 9.15 Å². The summed E-state index contributed by atoms with van der Waals surface area (Å²) in [5.41, 5.74) is 4.72. The van der Waals surface area contributed by atoms with Crippen LogP contribution in [-0.2, 0) is 0 Å². The fourth-order valence-electron chi connectivity index (χ4n) is 2.29. The minimum absolute atomic E-state index is 0.132. The van der Waals surface area contributed by atoms with E-state index in [-0.39, 0.29) is 5.76 Å². The Morgan fingerprint density at radius 2 is 1.96 bits per heavy atom. The zero-order valence-corrected chi connectivity index (χ0v) is 16.2. The molecule has 0 aliphatic heterocycles. The molecule has 0 atom stereocenters. The number of para-hydroxylation sites is 1. The molecular weight excluding hydrogens is 430 g/mol. The molecule has 4 rings (SSSR count). The third-order valence-electron chi connectivity index (χ3n) is 3.53. The summed E-state index contributed by atoms with van der Waals surface area (Å²) in [5, 5.41) is 4.92. The van der Waals surface area contributed by atoms with Crippen molar-refractivity contribution in [3.8, 4) is 5.75 Å². The number of benzene rings is 2. The number of hydrogen-bond acceptors (Lipinski definition) is 7. The molecule has 0 radical (unpaired) electrons. The van der Waals surface area contributed by atoms with E-state index in [0.717, 1.165) is 20.9 Å². The summed E-state index contributed by atoms with van der Waals surface area (Å²) in [6, 6.07) is 18.1. The molecule has 27 heavy (non-hydrogen) atoms. The molecule has 0 spiro atoms. The van der Waals surface area contributed by atoms with Gasteiger partial charge in [0.05, 0.1) is 16.4 Å². The van der Waals surface area contributed by atoms with E-state index in [1.54, 1.807) is 42.6 Å². The summed E-state index contributed by atoms with van der Waals surface area (Å²) in [5.74, 6) is -0.00373. The Morgan fingerprint density at radius 1 is 1.15 bits per heavy atom. The number of carbonyl (C=O) groups is 1. The second kappa shape index (κ2) is 7.73. The Labute approximate surface area is 166 Å². The van der Waals surface area contributed by atoms with Crippen LogP contribution in [0.15, 0.2) is 74.9 Å². The van der Waals surface area contributed by atoms with E-state index < -0.39 is 5.97 Å². The van der Waals surface area contributed by atoms with Crippen molar-refractivity contribution in [1.29, 1.82) is 0 Å². The number of esters is 1. The average molecular weight is 442 g/mol. The topological polar surface area (TPSA) is 76.7 Å². The third kappa shape index (κ3) is 4.24. The van der Waals surface area contributed by atoms with Gasteiger partial charge in [-0.15, -0.1) is 0 Å². The number of hydrogen-bond donors (Lipinski definition) is 1. The first kappa shape index (κ1) is 17.4. The highest BCUT2D eigenvalue weighted by Gasteiger charge is 2.12. The maximum atomic E-state index is 11.9. The summed E-state index contributed by atoms with van der Waals surface area (Å²) >= 11 is 4.68. The number of fused-ring (bicyclic) bond motifs is 1. The van der Waals surface area contributed by atoms with Gasteiger partial charge in [-0.3, -0.25) is 5.43 Å². The number of nitrogens with one attached hydrogen (secondary N) is 1. The van der Waals surface area contributed by atoms with Crippen molar-refractivity contribution < 1.29 is 13.9 Å². The fraction of sp³-hybridized carbons (Fsp3) is 0. The van der Waals surface area contributed by atoms with Gasteiger partial charge in [-0.05, 0) is 70.0 Å². The third-order valence-corrected chi connectivity index (χ3v) is 4.90. The van der Waals surface area contributed by atoms with Crippen molar-refractivity contribution in [2.75, 3.05) is 5.43 Å². The van der Waals surface area contributed by atoms with Crippen LogP contribution in [0.2, 0.25) is 0 Å². The molecule has 0 bridgehead atoms. The van der Waals surface area contributed by atoms with Gasteiger partial charge in [-0.1, -0.05) is 23.5 Å². The summed E-state index contributed by atoms with van der Waals surface area (Å²) in [6.45, 7) is 0. The minimum Gasteiger partial charge on any atom is -0.442 e. The van der Waals surface area contributed by atoms with Crippen LogP contribution in [0.3, 0.4) is 0 Å².